The number of hydrogen-bond donors (Lipinski definition) is 1. The van der Waals surface area contributed by atoms with E-state index < -0.39 is 0 Å². The standard InChI is InChI=1S/C22H20N2O3/c1-26-16-9-7-15(8-10-16)14-24-21-13-17(27-2)11-12-20(21)23-19-6-4-3-5-18(19)22(24)25/h3-13,23H,14H2,1-2H3. The Hall–Kier alpha value is -3.47. The number of methoxy groups -OCH3 is 2. The molecule has 5 heteroatoms. The largest absolute Gasteiger partial charge is 0.497 e. The van der Waals surface area contributed by atoms with Crippen LogP contribution in [-0.4, -0.2) is 20.1 Å². The fourth-order valence-electron chi connectivity index (χ4n) is 3.22. The molecular formula is C22H20N2O3. The fraction of sp³-hybridized carbons (Fsp3) is 0.136. The molecule has 5 nitrogen and oxygen atoms in total. The van der Waals surface area contributed by atoms with Gasteiger partial charge in [0.15, 0.2) is 0 Å². The molecule has 0 unspecified atom stereocenters. The number of para-hydroxylation sites is 1. The number of hydrogen-bond acceptors (Lipinski definition) is 4. The summed E-state index contributed by atoms with van der Waals surface area (Å²) in [4.78, 5) is 15.1. The highest BCUT2D eigenvalue weighted by Gasteiger charge is 2.27. The van der Waals surface area contributed by atoms with Crippen molar-refractivity contribution in [2.24, 2.45) is 0 Å². The Morgan fingerprint density at radius 2 is 1.56 bits per heavy atom. The molecule has 3 aromatic carbocycles. The van der Waals surface area contributed by atoms with Gasteiger partial charge in [-0.25, -0.2) is 0 Å². The average Bonchev–Trinajstić information content (AvgIpc) is 2.83. The molecule has 27 heavy (non-hydrogen) atoms. The van der Waals surface area contributed by atoms with Crippen LogP contribution in [0.15, 0.2) is 66.7 Å². The number of fused-ring (bicyclic) bond motifs is 2. The van der Waals surface area contributed by atoms with Crippen molar-refractivity contribution in [3.63, 3.8) is 0 Å². The van der Waals surface area contributed by atoms with Gasteiger partial charge in [-0.15, -0.1) is 0 Å². The quantitative estimate of drug-likeness (QED) is 0.738. The first kappa shape index (κ1) is 17.0. The van der Waals surface area contributed by atoms with Gasteiger partial charge in [0.25, 0.3) is 5.91 Å². The predicted molar refractivity (Wildman–Crippen MR) is 106 cm³/mol. The zero-order valence-corrected chi connectivity index (χ0v) is 15.2. The lowest BCUT2D eigenvalue weighted by Crippen LogP contribution is -2.29. The summed E-state index contributed by atoms with van der Waals surface area (Å²) in [5.74, 6) is 1.44. The highest BCUT2D eigenvalue weighted by Crippen LogP contribution is 2.38. The second kappa shape index (κ2) is 7.03. The molecule has 0 aromatic heterocycles. The van der Waals surface area contributed by atoms with E-state index in [2.05, 4.69) is 5.32 Å². The molecular weight excluding hydrogens is 340 g/mol. The van der Waals surface area contributed by atoms with E-state index in [0.717, 1.165) is 28.4 Å². The highest BCUT2D eigenvalue weighted by molar-refractivity contribution is 6.13. The van der Waals surface area contributed by atoms with Gasteiger partial charge in [-0.3, -0.25) is 4.79 Å². The number of nitrogens with zero attached hydrogens (tertiary/aromatic N) is 1. The van der Waals surface area contributed by atoms with E-state index in [1.165, 1.54) is 0 Å². The Labute approximate surface area is 158 Å². The van der Waals surface area contributed by atoms with Crippen LogP contribution in [0.4, 0.5) is 17.1 Å². The van der Waals surface area contributed by atoms with Crippen LogP contribution in [0.3, 0.4) is 0 Å². The SMILES string of the molecule is COc1ccc(CN2C(=O)c3ccccc3Nc3ccc(OC)cc32)cc1. The van der Waals surface area contributed by atoms with E-state index in [4.69, 9.17) is 9.47 Å². The summed E-state index contributed by atoms with van der Waals surface area (Å²) in [6.45, 7) is 0.443. The number of carbonyl (C=O) groups is 1. The lowest BCUT2D eigenvalue weighted by Gasteiger charge is -2.23. The lowest BCUT2D eigenvalue weighted by atomic mass is 10.1. The highest BCUT2D eigenvalue weighted by atomic mass is 16.5. The van der Waals surface area contributed by atoms with Crippen molar-refractivity contribution in [2.45, 2.75) is 6.54 Å². The Morgan fingerprint density at radius 3 is 2.30 bits per heavy atom. The molecule has 0 bridgehead atoms. The Kier molecular flexibility index (Phi) is 4.42. The molecule has 3 aromatic rings. The number of amides is 1. The summed E-state index contributed by atoms with van der Waals surface area (Å²) in [6, 6.07) is 21.0. The van der Waals surface area contributed by atoms with Crippen molar-refractivity contribution in [3.8, 4) is 11.5 Å². The number of nitrogens with one attached hydrogen (secondary N) is 1. The lowest BCUT2D eigenvalue weighted by molar-refractivity contribution is 0.0986. The van der Waals surface area contributed by atoms with Crippen molar-refractivity contribution in [3.05, 3.63) is 77.9 Å². The molecule has 4 rings (SSSR count). The third-order valence-electron chi connectivity index (χ3n) is 4.67. The smallest absolute Gasteiger partial charge is 0.260 e. The van der Waals surface area contributed by atoms with Gasteiger partial charge in [0, 0.05) is 6.07 Å². The van der Waals surface area contributed by atoms with Crippen LogP contribution in [0.5, 0.6) is 11.5 Å². The molecule has 136 valence electrons. The summed E-state index contributed by atoms with van der Waals surface area (Å²) < 4.78 is 10.6. The van der Waals surface area contributed by atoms with Gasteiger partial charge in [-0.1, -0.05) is 24.3 Å². The topological polar surface area (TPSA) is 50.8 Å². The van der Waals surface area contributed by atoms with E-state index >= 15 is 0 Å². The van der Waals surface area contributed by atoms with E-state index in [0.29, 0.717) is 17.9 Å². The minimum atomic E-state index is -0.0547. The Morgan fingerprint density at radius 1 is 0.852 bits per heavy atom. The first-order chi connectivity index (χ1) is 13.2. The first-order valence-electron chi connectivity index (χ1n) is 8.68. The maximum Gasteiger partial charge on any atom is 0.260 e. The van der Waals surface area contributed by atoms with Gasteiger partial charge in [0.1, 0.15) is 11.5 Å². The number of ether oxygens (including phenoxy) is 2. The number of anilines is 3. The first-order valence-corrected chi connectivity index (χ1v) is 8.68. The number of rotatable bonds is 4. The van der Waals surface area contributed by atoms with Gasteiger partial charge in [0.05, 0.1) is 43.4 Å². The second-order valence-corrected chi connectivity index (χ2v) is 6.29. The van der Waals surface area contributed by atoms with E-state index in [1.54, 1.807) is 19.1 Å². The van der Waals surface area contributed by atoms with Crippen LogP contribution >= 0.6 is 0 Å². The predicted octanol–water partition coefficient (Wildman–Crippen LogP) is 4.61. The molecule has 0 aliphatic carbocycles. The van der Waals surface area contributed by atoms with Crippen molar-refractivity contribution < 1.29 is 14.3 Å². The minimum absolute atomic E-state index is 0.0547. The third-order valence-corrected chi connectivity index (χ3v) is 4.67. The Bertz CT molecular complexity index is 983. The maximum absolute atomic E-state index is 13.3. The fourth-order valence-corrected chi connectivity index (χ4v) is 3.22. The van der Waals surface area contributed by atoms with E-state index in [1.807, 2.05) is 66.7 Å². The van der Waals surface area contributed by atoms with Crippen LogP contribution in [-0.2, 0) is 6.54 Å². The van der Waals surface area contributed by atoms with Crippen molar-refractivity contribution in [1.29, 1.82) is 0 Å². The minimum Gasteiger partial charge on any atom is -0.497 e. The normalized spacial score (nSPS) is 12.5. The van der Waals surface area contributed by atoms with Crippen LogP contribution < -0.4 is 19.7 Å². The third kappa shape index (κ3) is 3.19. The Balaban J connectivity index is 1.80. The molecule has 1 heterocycles. The van der Waals surface area contributed by atoms with Crippen LogP contribution in [0.25, 0.3) is 0 Å². The van der Waals surface area contributed by atoms with Gasteiger partial charge < -0.3 is 19.7 Å². The van der Waals surface area contributed by atoms with Crippen molar-refractivity contribution >= 4 is 23.0 Å². The molecule has 1 N–H and O–H groups in total. The number of benzene rings is 3. The van der Waals surface area contributed by atoms with E-state index in [9.17, 15) is 4.79 Å². The van der Waals surface area contributed by atoms with Crippen LogP contribution in [0.1, 0.15) is 15.9 Å². The summed E-state index contributed by atoms with van der Waals surface area (Å²) in [6.07, 6.45) is 0. The summed E-state index contributed by atoms with van der Waals surface area (Å²) >= 11 is 0. The summed E-state index contributed by atoms with van der Waals surface area (Å²) in [5, 5.41) is 3.38. The van der Waals surface area contributed by atoms with Crippen LogP contribution in [0, 0.1) is 0 Å². The molecule has 0 atom stereocenters. The van der Waals surface area contributed by atoms with Crippen LogP contribution in [0.2, 0.25) is 0 Å². The number of carbonyl (C=O) groups excluding carboxylic acids is 1. The monoisotopic (exact) mass is 360 g/mol. The van der Waals surface area contributed by atoms with E-state index in [-0.39, 0.29) is 5.91 Å². The molecule has 0 fully saturated rings. The molecule has 0 spiro atoms. The van der Waals surface area contributed by atoms with Gasteiger partial charge in [-0.2, -0.15) is 0 Å². The molecule has 0 saturated carbocycles. The molecule has 1 aliphatic heterocycles. The zero-order valence-electron chi connectivity index (χ0n) is 15.2. The molecule has 1 aliphatic rings. The van der Waals surface area contributed by atoms with Crippen molar-refractivity contribution in [1.82, 2.24) is 0 Å². The van der Waals surface area contributed by atoms with Gasteiger partial charge in [-0.05, 0) is 42.0 Å². The molecule has 0 radical (unpaired) electrons. The average molecular weight is 360 g/mol. The zero-order chi connectivity index (χ0) is 18.8. The summed E-state index contributed by atoms with van der Waals surface area (Å²) in [5.41, 5.74) is 4.10. The van der Waals surface area contributed by atoms with Gasteiger partial charge in [0.2, 0.25) is 0 Å². The molecule has 0 saturated heterocycles. The molecule has 1 amide bonds. The van der Waals surface area contributed by atoms with Gasteiger partial charge >= 0.3 is 0 Å². The second-order valence-electron chi connectivity index (χ2n) is 6.29. The summed E-state index contributed by atoms with van der Waals surface area (Å²) in [7, 11) is 3.26. The maximum atomic E-state index is 13.3. The van der Waals surface area contributed by atoms with Crippen molar-refractivity contribution in [2.75, 3.05) is 24.4 Å².